The van der Waals surface area contributed by atoms with Crippen LogP contribution in [-0.4, -0.2) is 62.8 Å². The number of morpholine rings is 1. The molecule has 0 spiro atoms. The van der Waals surface area contributed by atoms with E-state index in [1.165, 1.54) is 11.3 Å². The first-order valence-electron chi connectivity index (χ1n) is 9.37. The highest BCUT2D eigenvalue weighted by atomic mass is 32.1. The summed E-state index contributed by atoms with van der Waals surface area (Å²) in [6.07, 6.45) is 4.46. The predicted octanol–water partition coefficient (Wildman–Crippen LogP) is 2.26. The first-order chi connectivity index (χ1) is 13.6. The number of ether oxygens (including phenoxy) is 1. The van der Waals surface area contributed by atoms with Crippen molar-refractivity contribution in [1.29, 1.82) is 0 Å². The summed E-state index contributed by atoms with van der Waals surface area (Å²) in [5.41, 5.74) is 1.53. The van der Waals surface area contributed by atoms with Crippen molar-refractivity contribution in [2.45, 2.75) is 32.0 Å². The topological polar surface area (TPSA) is 93.1 Å². The third-order valence-electron chi connectivity index (χ3n) is 5.07. The summed E-state index contributed by atoms with van der Waals surface area (Å²) in [6.45, 7) is 3.91. The maximum absolute atomic E-state index is 12.5. The predicted molar refractivity (Wildman–Crippen MR) is 106 cm³/mol. The van der Waals surface area contributed by atoms with Gasteiger partial charge in [-0.3, -0.25) is 9.69 Å². The van der Waals surface area contributed by atoms with Crippen molar-refractivity contribution in [1.82, 2.24) is 25.1 Å². The monoisotopic (exact) mass is 396 g/mol. The zero-order valence-corrected chi connectivity index (χ0v) is 16.3. The number of likely N-dealkylation sites (tertiary alicyclic amines) is 1. The number of nitrogens with one attached hydrogen (secondary N) is 1. The number of anilines is 1. The fraction of sp³-hybridized carbons (Fsp3) is 0.421. The van der Waals surface area contributed by atoms with E-state index in [9.17, 15) is 4.79 Å². The summed E-state index contributed by atoms with van der Waals surface area (Å²) in [6, 6.07) is 5.67. The molecule has 9 heteroatoms. The number of carbonyl (C=O) groups excluding carboxylic acids is 1. The minimum atomic E-state index is -0.0657. The summed E-state index contributed by atoms with van der Waals surface area (Å²) in [5.74, 6) is 0.441. The molecule has 0 aliphatic carbocycles. The van der Waals surface area contributed by atoms with Crippen LogP contribution < -0.4 is 5.32 Å². The average Bonchev–Trinajstić information content (AvgIpc) is 3.26. The molecule has 2 fully saturated rings. The van der Waals surface area contributed by atoms with Crippen molar-refractivity contribution >= 4 is 34.0 Å². The molecule has 144 valence electrons. The van der Waals surface area contributed by atoms with Gasteiger partial charge < -0.3 is 10.1 Å². The van der Waals surface area contributed by atoms with Gasteiger partial charge in [0, 0.05) is 30.7 Å². The molecule has 5 heterocycles. The van der Waals surface area contributed by atoms with Crippen molar-refractivity contribution < 1.29 is 9.53 Å². The molecule has 2 unspecified atom stereocenters. The van der Waals surface area contributed by atoms with Gasteiger partial charge in [-0.25, -0.2) is 9.97 Å². The van der Waals surface area contributed by atoms with Gasteiger partial charge in [0.25, 0.3) is 0 Å². The van der Waals surface area contributed by atoms with Crippen LogP contribution in [0.25, 0.3) is 21.6 Å². The second-order valence-electron chi connectivity index (χ2n) is 7.28. The number of amides is 1. The summed E-state index contributed by atoms with van der Waals surface area (Å²) in [5, 5.41) is 13.7. The van der Waals surface area contributed by atoms with Gasteiger partial charge in [-0.15, -0.1) is 10.2 Å². The molecular formula is C19H20N6O2S. The fourth-order valence-corrected chi connectivity index (χ4v) is 4.48. The van der Waals surface area contributed by atoms with Crippen LogP contribution in [0.5, 0.6) is 0 Å². The zero-order chi connectivity index (χ0) is 19.1. The van der Waals surface area contributed by atoms with Crippen LogP contribution in [0.3, 0.4) is 0 Å². The third kappa shape index (κ3) is 3.60. The second kappa shape index (κ2) is 7.16. The minimum absolute atomic E-state index is 0.0657. The number of carbonyl (C=O) groups is 1. The molecule has 3 aromatic rings. The van der Waals surface area contributed by atoms with Gasteiger partial charge in [0.2, 0.25) is 5.91 Å². The van der Waals surface area contributed by atoms with Gasteiger partial charge in [0.15, 0.2) is 5.01 Å². The molecule has 3 aromatic heterocycles. The number of aryl methyl sites for hydroxylation is 1. The number of nitrogens with zero attached hydrogens (tertiary/aromatic N) is 5. The Bertz CT molecular complexity index is 1030. The van der Waals surface area contributed by atoms with E-state index in [1.54, 1.807) is 12.3 Å². The van der Waals surface area contributed by atoms with Crippen LogP contribution in [0, 0.1) is 6.92 Å². The zero-order valence-electron chi connectivity index (χ0n) is 15.5. The first kappa shape index (κ1) is 17.6. The molecule has 2 atom stereocenters. The van der Waals surface area contributed by atoms with Crippen molar-refractivity contribution in [3.8, 4) is 10.7 Å². The molecule has 8 nitrogen and oxygen atoms in total. The summed E-state index contributed by atoms with van der Waals surface area (Å²) in [4.78, 5) is 23.6. The van der Waals surface area contributed by atoms with E-state index in [2.05, 4.69) is 30.4 Å². The Hall–Kier alpha value is -2.49. The molecule has 1 amide bonds. The Labute approximate surface area is 166 Å². The van der Waals surface area contributed by atoms with Crippen LogP contribution in [0.4, 0.5) is 5.82 Å². The van der Waals surface area contributed by atoms with E-state index >= 15 is 0 Å². The smallest absolute Gasteiger partial charge is 0.239 e. The van der Waals surface area contributed by atoms with Gasteiger partial charge in [-0.1, -0.05) is 11.3 Å². The number of hydrogen-bond donors (Lipinski definition) is 1. The van der Waals surface area contributed by atoms with Crippen LogP contribution in [0.2, 0.25) is 0 Å². The summed E-state index contributed by atoms with van der Waals surface area (Å²) in [7, 11) is 0. The maximum Gasteiger partial charge on any atom is 0.239 e. The lowest BCUT2D eigenvalue weighted by molar-refractivity contribution is -0.119. The van der Waals surface area contributed by atoms with Gasteiger partial charge in [0.05, 0.1) is 24.3 Å². The van der Waals surface area contributed by atoms with Gasteiger partial charge in [-0.2, -0.15) is 0 Å². The average molecular weight is 396 g/mol. The molecule has 5 rings (SSSR count). The van der Waals surface area contributed by atoms with E-state index in [0.29, 0.717) is 12.4 Å². The molecule has 2 aliphatic rings. The first-order valence-corrected chi connectivity index (χ1v) is 10.2. The van der Waals surface area contributed by atoms with Gasteiger partial charge in [-0.05, 0) is 31.9 Å². The van der Waals surface area contributed by atoms with E-state index < -0.39 is 0 Å². The lowest BCUT2D eigenvalue weighted by atomic mass is 10.2. The number of rotatable bonds is 4. The Balaban J connectivity index is 1.30. The third-order valence-corrected chi connectivity index (χ3v) is 5.93. The quantitative estimate of drug-likeness (QED) is 0.723. The normalized spacial score (nSPS) is 21.9. The summed E-state index contributed by atoms with van der Waals surface area (Å²) >= 11 is 1.50. The van der Waals surface area contributed by atoms with E-state index in [1.807, 2.05) is 19.1 Å². The number of aromatic nitrogens is 4. The molecule has 1 N–H and O–H groups in total. The maximum atomic E-state index is 12.5. The van der Waals surface area contributed by atoms with Gasteiger partial charge in [0.1, 0.15) is 16.5 Å². The lowest BCUT2D eigenvalue weighted by Gasteiger charge is -2.31. The van der Waals surface area contributed by atoms with Crippen molar-refractivity contribution in [2.75, 3.05) is 25.0 Å². The van der Waals surface area contributed by atoms with E-state index in [-0.39, 0.29) is 18.1 Å². The number of pyridine rings is 2. The van der Waals surface area contributed by atoms with E-state index in [4.69, 9.17) is 4.74 Å². The Morgan fingerprint density at radius 3 is 2.86 bits per heavy atom. The molecule has 0 radical (unpaired) electrons. The SMILES string of the molecule is Cc1nnc(-c2ccc3cnc(NC(=O)CN4CC5CCC(C4)O5)cc3n2)s1. The highest BCUT2D eigenvalue weighted by Gasteiger charge is 2.34. The molecule has 0 aromatic carbocycles. The van der Waals surface area contributed by atoms with Crippen LogP contribution in [0.15, 0.2) is 24.4 Å². The van der Waals surface area contributed by atoms with Crippen molar-refractivity contribution in [2.24, 2.45) is 0 Å². The second-order valence-corrected chi connectivity index (χ2v) is 8.47. The molecule has 0 saturated carbocycles. The fourth-order valence-electron chi connectivity index (χ4n) is 3.82. The number of hydrogen-bond acceptors (Lipinski definition) is 8. The largest absolute Gasteiger partial charge is 0.372 e. The molecular weight excluding hydrogens is 376 g/mol. The standard InChI is InChI=1S/C19H20N6O2S/c1-11-23-24-19(28-11)15-5-2-12-7-20-17(6-16(12)21-15)22-18(26)10-25-8-13-3-4-14(9-25)27-13/h2,5-7,13-14H,3-4,8-10H2,1H3,(H,20,22,26). The lowest BCUT2D eigenvalue weighted by Crippen LogP contribution is -2.45. The summed E-state index contributed by atoms with van der Waals surface area (Å²) < 4.78 is 5.82. The highest BCUT2D eigenvalue weighted by molar-refractivity contribution is 7.14. The van der Waals surface area contributed by atoms with E-state index in [0.717, 1.165) is 52.5 Å². The Kier molecular flexibility index (Phi) is 4.50. The van der Waals surface area contributed by atoms with Gasteiger partial charge >= 0.3 is 0 Å². The van der Waals surface area contributed by atoms with Crippen LogP contribution >= 0.6 is 11.3 Å². The van der Waals surface area contributed by atoms with Crippen LogP contribution in [0.1, 0.15) is 17.8 Å². The molecule has 28 heavy (non-hydrogen) atoms. The van der Waals surface area contributed by atoms with Crippen molar-refractivity contribution in [3.63, 3.8) is 0 Å². The molecule has 2 saturated heterocycles. The number of fused-ring (bicyclic) bond motifs is 3. The molecule has 2 bridgehead atoms. The Morgan fingerprint density at radius 1 is 1.29 bits per heavy atom. The van der Waals surface area contributed by atoms with Crippen LogP contribution in [-0.2, 0) is 9.53 Å². The molecule has 2 aliphatic heterocycles. The highest BCUT2D eigenvalue weighted by Crippen LogP contribution is 2.26. The van der Waals surface area contributed by atoms with Crippen molar-refractivity contribution in [3.05, 3.63) is 29.4 Å². The Morgan fingerprint density at radius 2 is 2.11 bits per heavy atom. The minimum Gasteiger partial charge on any atom is -0.372 e.